The molecule has 17 nitrogen and oxygen atoms in total. The van der Waals surface area contributed by atoms with Gasteiger partial charge in [0.25, 0.3) is 5.91 Å². The standard InChI is InChI=1S/C61H91N5O12/c1-12-44-32-41(8)61(64-55(44)70)40(7)31-39(6)52(77-61)35-50(69)37(4)21-15-13-16-22-38(5)51-27-18-14-17-26-49(68)42(9)54-46(28-29-60(10,75-11)78-54)56(71)63-53(36(2)3)57(72)62-48(34-43-23-19-24-45(67)33-43)58(73)66-30-20-25-47(65-66)59(74)76-51/h13-14,16-19,22-24,26,31,33,36-37,39,41-42,44,46-54,65,67-69H,12,15,20-21,25,27-30,32,34-35H2,1-11H3,(H,62,72)(H,63,71)(H,64,70)/b16-13+,18-14-,26-17-,38-22+/t37-,39+,41-,42-,44-,46+,47+,48-,49-,50-,51-,52-,53-,54+,60-,61-/m0/s1. The SMILES string of the molecule is CC[C@H]1C[C@H](C)[C@@]2(NC1=O)O[C@@H](C[C@H](O)[C@@H](C)CC/C=C/C=C(\C)[C@@H]1C/C=C\C=C/[C@H](O)[C@H](C)[C@H]3O[C@](C)(OC)CC[C@H]3C(=O)N[C@@H](C(C)C)C(=O)N[C@@H](Cc3cccc(O)c3)C(=O)N3CCC[C@@H](N3)C(=O)O1)[C@H](C)C=C2C. The number of nitrogens with one attached hydrogen (secondary N) is 4. The van der Waals surface area contributed by atoms with E-state index in [1.807, 2.05) is 52.0 Å². The Hall–Kier alpha value is -5.17. The number of methoxy groups -OCH3 is 1. The van der Waals surface area contributed by atoms with Crippen molar-refractivity contribution >= 4 is 29.6 Å². The predicted molar refractivity (Wildman–Crippen MR) is 297 cm³/mol. The second kappa shape index (κ2) is 27.8. The van der Waals surface area contributed by atoms with Crippen LogP contribution in [0.4, 0.5) is 0 Å². The normalized spacial score (nSPS) is 35.8. The number of hydrazine groups is 1. The minimum atomic E-state index is -1.16. The van der Waals surface area contributed by atoms with E-state index in [4.69, 9.17) is 18.9 Å². The number of benzene rings is 1. The van der Waals surface area contributed by atoms with E-state index in [0.29, 0.717) is 50.5 Å². The number of cyclic esters (lactones) is 1. The summed E-state index contributed by atoms with van der Waals surface area (Å²) in [6.07, 6.45) is 16.7. The van der Waals surface area contributed by atoms with Gasteiger partial charge < -0.3 is 50.2 Å². The van der Waals surface area contributed by atoms with Gasteiger partial charge >= 0.3 is 5.97 Å². The van der Waals surface area contributed by atoms with E-state index in [9.17, 15) is 39.3 Å². The average Bonchev–Trinajstić information content (AvgIpc) is 3.41. The van der Waals surface area contributed by atoms with Gasteiger partial charge in [-0.15, -0.1) is 0 Å². The van der Waals surface area contributed by atoms with Crippen LogP contribution in [0.2, 0.25) is 0 Å². The van der Waals surface area contributed by atoms with Gasteiger partial charge in [-0.2, -0.15) is 0 Å². The monoisotopic (exact) mass is 1090 g/mol. The number of phenolic OH excluding ortho intramolecular Hbond substituents is 1. The third-order valence-electron chi connectivity index (χ3n) is 17.1. The number of aliphatic hydroxyl groups excluding tert-OH is 2. The first-order chi connectivity index (χ1) is 37.0. The molecule has 1 spiro atoms. The number of hydrogen-bond donors (Lipinski definition) is 7. The number of hydrogen-bond acceptors (Lipinski definition) is 13. The Balaban J connectivity index is 1.20. The molecule has 5 aliphatic rings. The predicted octanol–water partition coefficient (Wildman–Crippen LogP) is 7.17. The molecule has 432 valence electrons. The average molecular weight is 1090 g/mol. The van der Waals surface area contributed by atoms with Gasteiger partial charge in [0, 0.05) is 63.0 Å². The highest BCUT2D eigenvalue weighted by molar-refractivity contribution is 5.93. The first kappa shape index (κ1) is 62.0. The molecule has 0 aliphatic carbocycles. The van der Waals surface area contributed by atoms with Gasteiger partial charge in [-0.05, 0) is 106 Å². The number of allylic oxidation sites excluding steroid dienone is 5. The number of amides is 4. The Morgan fingerprint density at radius 1 is 1.01 bits per heavy atom. The van der Waals surface area contributed by atoms with Crippen molar-refractivity contribution in [1.29, 1.82) is 0 Å². The van der Waals surface area contributed by atoms with Gasteiger partial charge in [-0.3, -0.25) is 29.0 Å². The minimum Gasteiger partial charge on any atom is -0.508 e. The second-order valence-electron chi connectivity index (χ2n) is 23.4. The molecule has 3 saturated heterocycles. The summed E-state index contributed by atoms with van der Waals surface area (Å²) in [7, 11) is 1.53. The molecule has 0 saturated carbocycles. The fourth-order valence-corrected chi connectivity index (χ4v) is 11.6. The number of piperidine rings is 1. The Labute approximate surface area is 463 Å². The van der Waals surface area contributed by atoms with Crippen LogP contribution in [0.5, 0.6) is 5.75 Å². The number of ether oxygens (including phenoxy) is 4. The van der Waals surface area contributed by atoms with Crippen molar-refractivity contribution in [3.8, 4) is 5.75 Å². The number of carbonyl (C=O) groups excluding carboxylic acids is 5. The molecule has 2 bridgehead atoms. The van der Waals surface area contributed by atoms with E-state index in [2.05, 4.69) is 41.3 Å². The molecule has 6 rings (SSSR count). The van der Waals surface area contributed by atoms with Crippen LogP contribution in [0.1, 0.15) is 139 Å². The van der Waals surface area contributed by atoms with Crippen LogP contribution in [0, 0.1) is 41.4 Å². The van der Waals surface area contributed by atoms with Crippen LogP contribution in [0.25, 0.3) is 0 Å². The summed E-state index contributed by atoms with van der Waals surface area (Å²) in [5.41, 5.74) is 4.58. The highest BCUT2D eigenvalue weighted by Gasteiger charge is 2.51. The van der Waals surface area contributed by atoms with Gasteiger partial charge in [0.05, 0.1) is 30.3 Å². The maximum atomic E-state index is 14.6. The van der Waals surface area contributed by atoms with Crippen molar-refractivity contribution in [2.45, 2.75) is 200 Å². The van der Waals surface area contributed by atoms with Gasteiger partial charge in [0.15, 0.2) is 11.5 Å². The molecule has 4 amide bonds. The van der Waals surface area contributed by atoms with Crippen LogP contribution in [-0.4, -0.2) is 124 Å². The van der Waals surface area contributed by atoms with Crippen LogP contribution in [0.15, 0.2) is 84.0 Å². The molecule has 3 fully saturated rings. The lowest BCUT2D eigenvalue weighted by Crippen LogP contribution is -2.64. The summed E-state index contributed by atoms with van der Waals surface area (Å²) in [6, 6.07) is 3.30. The fourth-order valence-electron chi connectivity index (χ4n) is 11.6. The lowest BCUT2D eigenvalue weighted by atomic mass is 9.75. The molecule has 5 heterocycles. The summed E-state index contributed by atoms with van der Waals surface area (Å²) >= 11 is 0. The molecule has 16 atom stereocenters. The molecule has 1 aromatic rings. The molecule has 0 aromatic heterocycles. The van der Waals surface area contributed by atoms with Gasteiger partial charge in [0.2, 0.25) is 17.7 Å². The number of carbonyl (C=O) groups is 5. The second-order valence-corrected chi connectivity index (χ2v) is 23.4. The van der Waals surface area contributed by atoms with Crippen molar-refractivity contribution in [3.05, 3.63) is 89.6 Å². The lowest BCUT2D eigenvalue weighted by molar-refractivity contribution is -0.280. The van der Waals surface area contributed by atoms with Crippen molar-refractivity contribution in [3.63, 3.8) is 0 Å². The summed E-state index contributed by atoms with van der Waals surface area (Å²) in [5.74, 6) is -4.79. The van der Waals surface area contributed by atoms with E-state index < -0.39 is 95.5 Å². The Bertz CT molecular complexity index is 2400. The van der Waals surface area contributed by atoms with Crippen molar-refractivity contribution < 1.29 is 58.2 Å². The van der Waals surface area contributed by atoms with Crippen LogP contribution in [-0.2, 0) is 49.3 Å². The summed E-state index contributed by atoms with van der Waals surface area (Å²) < 4.78 is 25.2. The molecule has 0 unspecified atom stereocenters. The number of fused-ring (bicyclic) bond motifs is 3. The molecule has 1 aromatic carbocycles. The van der Waals surface area contributed by atoms with Crippen LogP contribution in [0.3, 0.4) is 0 Å². The van der Waals surface area contributed by atoms with Gasteiger partial charge in [0.1, 0.15) is 30.0 Å². The molecule has 7 N–H and O–H groups in total. The van der Waals surface area contributed by atoms with Gasteiger partial charge in [-0.1, -0.05) is 109 Å². The van der Waals surface area contributed by atoms with Crippen molar-refractivity contribution in [1.82, 2.24) is 26.4 Å². The van der Waals surface area contributed by atoms with Crippen LogP contribution < -0.4 is 21.4 Å². The van der Waals surface area contributed by atoms with Crippen LogP contribution >= 0.6 is 0 Å². The Morgan fingerprint density at radius 3 is 2.47 bits per heavy atom. The maximum Gasteiger partial charge on any atom is 0.325 e. The number of aromatic hydroxyl groups is 1. The molecule has 78 heavy (non-hydrogen) atoms. The number of nitrogens with zero attached hydrogens (tertiary/aromatic N) is 1. The van der Waals surface area contributed by atoms with Crippen molar-refractivity contribution in [2.75, 3.05) is 13.7 Å². The lowest BCUT2D eigenvalue weighted by Gasteiger charge is -2.51. The van der Waals surface area contributed by atoms with Gasteiger partial charge in [-0.25, -0.2) is 5.43 Å². The van der Waals surface area contributed by atoms with Crippen molar-refractivity contribution in [2.24, 2.45) is 41.4 Å². The number of aliphatic hydroxyl groups is 2. The molecule has 5 aliphatic heterocycles. The van der Waals surface area contributed by atoms with E-state index in [1.165, 1.54) is 24.3 Å². The molecule has 17 heteroatoms. The fraction of sp³-hybridized carbons (Fsp3) is 0.656. The number of rotatable bonds is 13. The summed E-state index contributed by atoms with van der Waals surface area (Å²) in [4.78, 5) is 70.5. The summed E-state index contributed by atoms with van der Waals surface area (Å²) in [5, 5.41) is 43.8. The van der Waals surface area contributed by atoms with E-state index in [1.54, 1.807) is 58.1 Å². The topological polar surface area (TPSA) is 234 Å². The first-order valence-electron chi connectivity index (χ1n) is 28.6. The van der Waals surface area contributed by atoms with E-state index in [-0.39, 0.29) is 60.8 Å². The minimum absolute atomic E-state index is 0.00123. The first-order valence-corrected chi connectivity index (χ1v) is 28.6. The number of phenols is 1. The smallest absolute Gasteiger partial charge is 0.325 e. The third kappa shape index (κ3) is 15.6. The zero-order chi connectivity index (χ0) is 57.1. The quantitative estimate of drug-likeness (QED) is 0.0591. The van der Waals surface area contributed by atoms with E-state index in [0.717, 1.165) is 24.0 Å². The molecule has 0 radical (unpaired) electrons. The Kier molecular flexibility index (Phi) is 22.1. The highest BCUT2D eigenvalue weighted by Crippen LogP contribution is 2.43. The molecular weight excluding hydrogens is 995 g/mol. The largest absolute Gasteiger partial charge is 0.508 e. The molecular formula is C61H91N5O12. The maximum absolute atomic E-state index is 14.6. The number of esters is 1. The third-order valence-corrected chi connectivity index (χ3v) is 17.1. The van der Waals surface area contributed by atoms with E-state index >= 15 is 0 Å². The highest BCUT2D eigenvalue weighted by atomic mass is 16.7. The zero-order valence-corrected chi connectivity index (χ0v) is 48.0. The Morgan fingerprint density at radius 2 is 1.77 bits per heavy atom. The zero-order valence-electron chi connectivity index (χ0n) is 48.0. The summed E-state index contributed by atoms with van der Waals surface area (Å²) in [6.45, 7) is 19.6.